The lowest BCUT2D eigenvalue weighted by atomic mass is 10.1. The maximum atomic E-state index is 9.12. The number of fused-ring (bicyclic) bond motifs is 1. The maximum absolute atomic E-state index is 9.12. The number of aliphatic hydroxyl groups excluding tert-OH is 1. The quantitative estimate of drug-likeness (QED) is 0.745. The number of hydrogen-bond donors (Lipinski definition) is 2. The largest absolute Gasteiger partial charge is 0.390 e. The molecule has 0 bridgehead atoms. The topological polar surface area (TPSA) is 36.0 Å². The predicted molar refractivity (Wildman–Crippen MR) is 58.7 cm³/mol. The van der Waals surface area contributed by atoms with Crippen LogP contribution in [-0.4, -0.2) is 10.1 Å². The number of hydrogen-bond acceptors (Lipinski definition) is 1. The van der Waals surface area contributed by atoms with Crippen LogP contribution in [0.15, 0.2) is 12.1 Å². The van der Waals surface area contributed by atoms with Crippen LogP contribution in [0.5, 0.6) is 0 Å². The number of aliphatic hydroxyl groups is 1. The summed E-state index contributed by atoms with van der Waals surface area (Å²) in [4.78, 5) is 3.20. The highest BCUT2D eigenvalue weighted by Crippen LogP contribution is 2.27. The van der Waals surface area contributed by atoms with Crippen molar-refractivity contribution in [3.8, 4) is 0 Å². The zero-order valence-corrected chi connectivity index (χ0v) is 8.94. The van der Waals surface area contributed by atoms with Crippen molar-refractivity contribution in [2.45, 2.75) is 20.5 Å². The molecule has 0 atom stereocenters. The highest BCUT2D eigenvalue weighted by Gasteiger charge is 2.09. The molecule has 0 aliphatic rings. The van der Waals surface area contributed by atoms with E-state index in [1.807, 2.05) is 26.0 Å². The molecule has 1 aromatic carbocycles. The second kappa shape index (κ2) is 3.30. The lowest BCUT2D eigenvalue weighted by molar-refractivity contribution is 0.277. The van der Waals surface area contributed by atoms with Gasteiger partial charge in [0, 0.05) is 21.6 Å². The third-order valence-electron chi connectivity index (χ3n) is 2.59. The minimum atomic E-state index is 0.0393. The van der Waals surface area contributed by atoms with Crippen molar-refractivity contribution in [3.05, 3.63) is 34.0 Å². The van der Waals surface area contributed by atoms with E-state index in [1.165, 1.54) is 0 Å². The number of halogens is 1. The molecule has 0 aliphatic carbocycles. The summed E-state index contributed by atoms with van der Waals surface area (Å²) < 4.78 is 0. The van der Waals surface area contributed by atoms with Crippen LogP contribution in [0.2, 0.25) is 5.02 Å². The molecule has 0 fully saturated rings. The maximum Gasteiger partial charge on any atom is 0.0833 e. The van der Waals surface area contributed by atoms with Gasteiger partial charge in [-0.25, -0.2) is 0 Å². The summed E-state index contributed by atoms with van der Waals surface area (Å²) in [5, 5.41) is 10.9. The van der Waals surface area contributed by atoms with Gasteiger partial charge in [0.05, 0.1) is 6.61 Å². The molecule has 0 aliphatic heterocycles. The number of aromatic amines is 1. The molecule has 0 unspecified atom stereocenters. The molecular weight excluding hydrogens is 198 g/mol. The fourth-order valence-corrected chi connectivity index (χ4v) is 2.04. The van der Waals surface area contributed by atoms with E-state index in [-0.39, 0.29) is 6.61 Å². The highest BCUT2D eigenvalue weighted by atomic mass is 35.5. The first-order chi connectivity index (χ1) is 6.63. The molecular formula is C11H12ClNO. The lowest BCUT2D eigenvalue weighted by Crippen LogP contribution is -1.84. The van der Waals surface area contributed by atoms with E-state index < -0.39 is 0 Å². The predicted octanol–water partition coefficient (Wildman–Crippen LogP) is 2.93. The van der Waals surface area contributed by atoms with Crippen LogP contribution in [0.3, 0.4) is 0 Å². The van der Waals surface area contributed by atoms with Crippen LogP contribution >= 0.6 is 11.6 Å². The summed E-state index contributed by atoms with van der Waals surface area (Å²) in [5.74, 6) is 0. The van der Waals surface area contributed by atoms with Gasteiger partial charge in [-0.05, 0) is 37.1 Å². The van der Waals surface area contributed by atoms with Crippen LogP contribution in [0.4, 0.5) is 0 Å². The third kappa shape index (κ3) is 1.31. The Kier molecular flexibility index (Phi) is 2.25. The number of benzene rings is 1. The van der Waals surface area contributed by atoms with E-state index in [0.717, 1.165) is 32.7 Å². The van der Waals surface area contributed by atoms with E-state index in [0.29, 0.717) is 0 Å². The standard InChI is InChI=1S/C11H12ClNO/c1-6-3-8(12)4-9-7(2)10(5-14)13-11(6)9/h3-4,13-14H,5H2,1-2H3. The Balaban J connectivity index is 2.85. The molecule has 1 heterocycles. The first kappa shape index (κ1) is 9.56. The molecule has 1 aromatic heterocycles. The number of rotatable bonds is 1. The molecule has 14 heavy (non-hydrogen) atoms. The average molecular weight is 210 g/mol. The SMILES string of the molecule is Cc1c(CO)[nH]c2c(C)cc(Cl)cc12. The second-order valence-electron chi connectivity index (χ2n) is 3.53. The fraction of sp³-hybridized carbons (Fsp3) is 0.273. The summed E-state index contributed by atoms with van der Waals surface area (Å²) in [6.45, 7) is 4.03. The number of H-pyrrole nitrogens is 1. The molecule has 2 aromatic rings. The second-order valence-corrected chi connectivity index (χ2v) is 3.97. The first-order valence-electron chi connectivity index (χ1n) is 4.51. The Morgan fingerprint density at radius 2 is 2.07 bits per heavy atom. The van der Waals surface area contributed by atoms with Crippen LogP contribution in [0.25, 0.3) is 10.9 Å². The van der Waals surface area contributed by atoms with Crippen molar-refractivity contribution in [3.63, 3.8) is 0 Å². The van der Waals surface area contributed by atoms with Gasteiger partial charge in [0.2, 0.25) is 0 Å². The Morgan fingerprint density at radius 3 is 2.71 bits per heavy atom. The number of aromatic nitrogens is 1. The molecule has 3 heteroatoms. The minimum absolute atomic E-state index is 0.0393. The van der Waals surface area contributed by atoms with Gasteiger partial charge >= 0.3 is 0 Å². The van der Waals surface area contributed by atoms with Crippen molar-refractivity contribution in [1.82, 2.24) is 4.98 Å². The Labute approximate surface area is 87.5 Å². The van der Waals surface area contributed by atoms with Crippen molar-refractivity contribution >= 4 is 22.5 Å². The van der Waals surface area contributed by atoms with Gasteiger partial charge < -0.3 is 10.1 Å². The van der Waals surface area contributed by atoms with Crippen LogP contribution in [0, 0.1) is 13.8 Å². The van der Waals surface area contributed by atoms with Gasteiger partial charge in [-0.3, -0.25) is 0 Å². The Morgan fingerprint density at radius 1 is 1.36 bits per heavy atom. The Bertz CT molecular complexity index is 487. The minimum Gasteiger partial charge on any atom is -0.390 e. The Hall–Kier alpha value is -0.990. The van der Waals surface area contributed by atoms with Gasteiger partial charge in [0.15, 0.2) is 0 Å². The van der Waals surface area contributed by atoms with Crippen LogP contribution in [-0.2, 0) is 6.61 Å². The normalized spacial score (nSPS) is 11.1. The third-order valence-corrected chi connectivity index (χ3v) is 2.81. The highest BCUT2D eigenvalue weighted by molar-refractivity contribution is 6.31. The zero-order chi connectivity index (χ0) is 10.3. The van der Waals surface area contributed by atoms with Gasteiger partial charge in [-0.2, -0.15) is 0 Å². The summed E-state index contributed by atoms with van der Waals surface area (Å²) in [6, 6.07) is 3.84. The summed E-state index contributed by atoms with van der Waals surface area (Å²) in [7, 11) is 0. The van der Waals surface area contributed by atoms with Gasteiger partial charge in [0.25, 0.3) is 0 Å². The van der Waals surface area contributed by atoms with Crippen molar-refractivity contribution < 1.29 is 5.11 Å². The van der Waals surface area contributed by atoms with Crippen molar-refractivity contribution in [2.75, 3.05) is 0 Å². The average Bonchev–Trinajstić information content (AvgIpc) is 2.44. The molecule has 0 amide bonds. The molecule has 0 spiro atoms. The molecule has 74 valence electrons. The van der Waals surface area contributed by atoms with Crippen LogP contribution < -0.4 is 0 Å². The van der Waals surface area contributed by atoms with E-state index in [4.69, 9.17) is 16.7 Å². The van der Waals surface area contributed by atoms with Crippen molar-refractivity contribution in [1.29, 1.82) is 0 Å². The molecule has 2 rings (SSSR count). The number of aryl methyl sites for hydroxylation is 2. The summed E-state index contributed by atoms with van der Waals surface area (Å²) in [5.41, 5.74) is 4.12. The molecule has 0 saturated carbocycles. The van der Waals surface area contributed by atoms with Crippen LogP contribution in [0.1, 0.15) is 16.8 Å². The number of nitrogens with one attached hydrogen (secondary N) is 1. The molecule has 2 N–H and O–H groups in total. The first-order valence-corrected chi connectivity index (χ1v) is 4.89. The van der Waals surface area contributed by atoms with E-state index >= 15 is 0 Å². The molecule has 0 saturated heterocycles. The van der Waals surface area contributed by atoms with E-state index in [2.05, 4.69) is 4.98 Å². The van der Waals surface area contributed by atoms with E-state index in [9.17, 15) is 0 Å². The fourth-order valence-electron chi connectivity index (χ4n) is 1.77. The zero-order valence-electron chi connectivity index (χ0n) is 8.19. The monoisotopic (exact) mass is 209 g/mol. The van der Waals surface area contributed by atoms with Crippen molar-refractivity contribution in [2.24, 2.45) is 0 Å². The summed E-state index contributed by atoms with van der Waals surface area (Å²) in [6.07, 6.45) is 0. The molecule has 0 radical (unpaired) electrons. The van der Waals surface area contributed by atoms with Gasteiger partial charge in [0.1, 0.15) is 0 Å². The summed E-state index contributed by atoms with van der Waals surface area (Å²) >= 11 is 5.97. The molecule has 2 nitrogen and oxygen atoms in total. The smallest absolute Gasteiger partial charge is 0.0833 e. The van der Waals surface area contributed by atoms with Gasteiger partial charge in [-0.15, -0.1) is 0 Å². The van der Waals surface area contributed by atoms with E-state index in [1.54, 1.807) is 0 Å². The lowest BCUT2D eigenvalue weighted by Gasteiger charge is -1.97. The van der Waals surface area contributed by atoms with Gasteiger partial charge in [-0.1, -0.05) is 11.6 Å².